The molecule has 0 fully saturated rings. The minimum absolute atomic E-state index is 0.0445. The molecule has 0 radical (unpaired) electrons. The van der Waals surface area contributed by atoms with Gasteiger partial charge in [-0.15, -0.1) is 0 Å². The second-order valence-corrected chi connectivity index (χ2v) is 6.43. The van der Waals surface area contributed by atoms with Crippen molar-refractivity contribution in [3.8, 4) is 5.75 Å². The standard InChI is InChI=1S/C11H11Cl2N3O3S/c1-16-6-8(5-14-16)20(17,18)15-7-3-9(12)11(19-2)10(13)4-7/h3-6,15H,1-2H3. The zero-order valence-corrected chi connectivity index (χ0v) is 12.9. The van der Waals surface area contributed by atoms with E-state index in [0.29, 0.717) is 0 Å². The van der Waals surface area contributed by atoms with Gasteiger partial charge in [-0.2, -0.15) is 5.10 Å². The molecule has 1 aromatic heterocycles. The lowest BCUT2D eigenvalue weighted by molar-refractivity contribution is 0.415. The van der Waals surface area contributed by atoms with Gasteiger partial charge in [-0.05, 0) is 12.1 Å². The molecule has 1 N–H and O–H groups in total. The normalized spacial score (nSPS) is 11.4. The molecule has 0 saturated carbocycles. The summed E-state index contributed by atoms with van der Waals surface area (Å²) in [5.41, 5.74) is 0.240. The van der Waals surface area contributed by atoms with Crippen LogP contribution in [0.15, 0.2) is 29.4 Å². The van der Waals surface area contributed by atoms with Crippen LogP contribution in [0.3, 0.4) is 0 Å². The van der Waals surface area contributed by atoms with Crippen LogP contribution in [0.25, 0.3) is 0 Å². The average molecular weight is 336 g/mol. The fraction of sp³-hybridized carbons (Fsp3) is 0.182. The highest BCUT2D eigenvalue weighted by atomic mass is 35.5. The lowest BCUT2D eigenvalue weighted by atomic mass is 10.3. The largest absolute Gasteiger partial charge is 0.494 e. The van der Waals surface area contributed by atoms with Crippen LogP contribution in [0, 0.1) is 0 Å². The van der Waals surface area contributed by atoms with Crippen molar-refractivity contribution in [1.82, 2.24) is 9.78 Å². The number of aromatic nitrogens is 2. The highest BCUT2D eigenvalue weighted by Gasteiger charge is 2.18. The summed E-state index contributed by atoms with van der Waals surface area (Å²) in [4.78, 5) is 0.0445. The minimum Gasteiger partial charge on any atom is -0.494 e. The van der Waals surface area contributed by atoms with Crippen LogP contribution in [-0.4, -0.2) is 25.3 Å². The Bertz CT molecular complexity index is 720. The number of nitrogens with zero attached hydrogens (tertiary/aromatic N) is 2. The first kappa shape index (κ1) is 15.0. The number of aryl methyl sites for hydroxylation is 1. The Balaban J connectivity index is 2.35. The molecule has 0 amide bonds. The molecule has 0 unspecified atom stereocenters. The van der Waals surface area contributed by atoms with Crippen molar-refractivity contribution in [2.75, 3.05) is 11.8 Å². The number of benzene rings is 1. The van der Waals surface area contributed by atoms with Crippen LogP contribution in [0.4, 0.5) is 5.69 Å². The zero-order valence-electron chi connectivity index (χ0n) is 10.6. The Morgan fingerprint density at radius 1 is 1.30 bits per heavy atom. The number of halogens is 2. The third-order valence-corrected chi connectivity index (χ3v) is 4.34. The van der Waals surface area contributed by atoms with Gasteiger partial charge in [-0.25, -0.2) is 8.42 Å². The molecule has 0 aliphatic heterocycles. The van der Waals surface area contributed by atoms with Gasteiger partial charge < -0.3 is 4.74 Å². The topological polar surface area (TPSA) is 73.2 Å². The van der Waals surface area contributed by atoms with Gasteiger partial charge in [0.2, 0.25) is 0 Å². The molecule has 20 heavy (non-hydrogen) atoms. The Hall–Kier alpha value is -1.44. The second-order valence-electron chi connectivity index (χ2n) is 3.93. The van der Waals surface area contributed by atoms with Gasteiger partial charge in [0, 0.05) is 13.2 Å². The van der Waals surface area contributed by atoms with Crippen LogP contribution in [0.2, 0.25) is 10.0 Å². The van der Waals surface area contributed by atoms with E-state index in [0.717, 1.165) is 0 Å². The molecule has 0 atom stereocenters. The predicted octanol–water partition coefficient (Wildman–Crippen LogP) is 2.54. The maximum atomic E-state index is 12.1. The van der Waals surface area contributed by atoms with E-state index in [2.05, 4.69) is 9.82 Å². The molecule has 0 saturated heterocycles. The van der Waals surface area contributed by atoms with E-state index in [1.807, 2.05) is 0 Å². The fourth-order valence-electron chi connectivity index (χ4n) is 1.57. The monoisotopic (exact) mass is 335 g/mol. The maximum absolute atomic E-state index is 12.1. The van der Waals surface area contributed by atoms with E-state index in [4.69, 9.17) is 27.9 Å². The second kappa shape index (κ2) is 5.51. The van der Waals surface area contributed by atoms with Crippen LogP contribution >= 0.6 is 23.2 Å². The number of hydrogen-bond acceptors (Lipinski definition) is 4. The number of rotatable bonds is 4. The summed E-state index contributed by atoms with van der Waals surface area (Å²) in [6.07, 6.45) is 2.63. The average Bonchev–Trinajstić information content (AvgIpc) is 2.75. The Kier molecular flexibility index (Phi) is 4.12. The lowest BCUT2D eigenvalue weighted by Gasteiger charge is -2.10. The summed E-state index contributed by atoms with van der Waals surface area (Å²) in [5, 5.41) is 4.24. The van der Waals surface area contributed by atoms with E-state index in [1.165, 1.54) is 36.3 Å². The van der Waals surface area contributed by atoms with Crippen LogP contribution in [0.5, 0.6) is 5.75 Å². The quantitative estimate of drug-likeness (QED) is 0.931. The van der Waals surface area contributed by atoms with Gasteiger partial charge in [-0.1, -0.05) is 23.2 Å². The Morgan fingerprint density at radius 2 is 1.90 bits per heavy atom. The van der Waals surface area contributed by atoms with Crippen LogP contribution in [-0.2, 0) is 17.1 Å². The van der Waals surface area contributed by atoms with E-state index < -0.39 is 10.0 Å². The summed E-state index contributed by atoms with van der Waals surface area (Å²) in [6.45, 7) is 0. The van der Waals surface area contributed by atoms with Gasteiger partial charge in [0.05, 0.1) is 29.0 Å². The summed E-state index contributed by atoms with van der Waals surface area (Å²) in [7, 11) is -0.689. The summed E-state index contributed by atoms with van der Waals surface area (Å²) in [6, 6.07) is 2.83. The van der Waals surface area contributed by atoms with Crippen molar-refractivity contribution in [3.05, 3.63) is 34.6 Å². The summed E-state index contributed by atoms with van der Waals surface area (Å²) in [5.74, 6) is 0.289. The molecule has 0 spiro atoms. The molecule has 2 aromatic rings. The molecule has 0 bridgehead atoms. The highest BCUT2D eigenvalue weighted by molar-refractivity contribution is 7.92. The smallest absolute Gasteiger partial charge is 0.265 e. The Morgan fingerprint density at radius 3 is 2.35 bits per heavy atom. The summed E-state index contributed by atoms with van der Waals surface area (Å²) >= 11 is 11.9. The van der Waals surface area contributed by atoms with E-state index >= 15 is 0 Å². The highest BCUT2D eigenvalue weighted by Crippen LogP contribution is 2.36. The van der Waals surface area contributed by atoms with Gasteiger partial charge in [-0.3, -0.25) is 9.40 Å². The van der Waals surface area contributed by atoms with E-state index in [9.17, 15) is 8.42 Å². The van der Waals surface area contributed by atoms with Crippen LogP contribution < -0.4 is 9.46 Å². The van der Waals surface area contributed by atoms with Gasteiger partial charge in [0.1, 0.15) is 4.90 Å². The summed E-state index contributed by atoms with van der Waals surface area (Å²) < 4.78 is 33.0. The number of nitrogens with one attached hydrogen (secondary N) is 1. The molecule has 0 aliphatic rings. The first-order chi connectivity index (χ1) is 9.33. The molecule has 6 nitrogen and oxygen atoms in total. The molecular weight excluding hydrogens is 325 g/mol. The number of anilines is 1. The molecule has 2 rings (SSSR count). The molecule has 0 aliphatic carbocycles. The van der Waals surface area contributed by atoms with Crippen molar-refractivity contribution in [3.63, 3.8) is 0 Å². The van der Waals surface area contributed by atoms with Crippen LogP contribution in [0.1, 0.15) is 0 Å². The third-order valence-electron chi connectivity index (χ3n) is 2.45. The minimum atomic E-state index is -3.74. The van der Waals surface area contributed by atoms with Gasteiger partial charge in [0.25, 0.3) is 10.0 Å². The Labute approximate surface area is 126 Å². The van der Waals surface area contributed by atoms with Gasteiger partial charge >= 0.3 is 0 Å². The molecular formula is C11H11Cl2N3O3S. The molecule has 9 heteroatoms. The SMILES string of the molecule is COc1c(Cl)cc(NS(=O)(=O)c2cnn(C)c2)cc1Cl. The first-order valence-corrected chi connectivity index (χ1v) is 7.62. The number of hydrogen-bond donors (Lipinski definition) is 1. The lowest BCUT2D eigenvalue weighted by Crippen LogP contribution is -2.12. The fourth-order valence-corrected chi connectivity index (χ4v) is 3.23. The predicted molar refractivity (Wildman–Crippen MR) is 77.0 cm³/mol. The first-order valence-electron chi connectivity index (χ1n) is 5.38. The maximum Gasteiger partial charge on any atom is 0.265 e. The molecule has 1 aromatic carbocycles. The van der Waals surface area contributed by atoms with Crippen molar-refractivity contribution in [2.24, 2.45) is 7.05 Å². The number of ether oxygens (including phenoxy) is 1. The van der Waals surface area contributed by atoms with Crippen molar-refractivity contribution in [2.45, 2.75) is 4.90 Å². The number of methoxy groups -OCH3 is 1. The number of sulfonamides is 1. The molecule has 108 valence electrons. The third kappa shape index (κ3) is 3.00. The van der Waals surface area contributed by atoms with Crippen molar-refractivity contribution < 1.29 is 13.2 Å². The molecule has 1 heterocycles. The van der Waals surface area contributed by atoms with Crippen molar-refractivity contribution >= 4 is 38.9 Å². The van der Waals surface area contributed by atoms with Crippen molar-refractivity contribution in [1.29, 1.82) is 0 Å². The van der Waals surface area contributed by atoms with Gasteiger partial charge in [0.15, 0.2) is 5.75 Å². The van der Waals surface area contributed by atoms with E-state index in [-0.39, 0.29) is 26.4 Å². The zero-order chi connectivity index (χ0) is 14.9. The van der Waals surface area contributed by atoms with E-state index in [1.54, 1.807) is 7.05 Å².